The minimum Gasteiger partial charge on any atom is -0.497 e. The predicted molar refractivity (Wildman–Crippen MR) is 76.7 cm³/mol. The van der Waals surface area contributed by atoms with Crippen molar-refractivity contribution >= 4 is 17.4 Å². The Kier molecular flexibility index (Phi) is 4.28. The van der Waals surface area contributed by atoms with Crippen LogP contribution in [0.25, 0.3) is 0 Å². The second-order valence-electron chi connectivity index (χ2n) is 3.89. The molecule has 2 aromatic rings. The molecule has 102 valence electrons. The smallest absolute Gasteiger partial charge is 0.349 e. The van der Waals surface area contributed by atoms with E-state index in [1.807, 2.05) is 6.07 Å². The zero-order chi connectivity index (χ0) is 14.4. The lowest BCUT2D eigenvalue weighted by molar-refractivity contribution is 0.257. The number of carbonyl (C=O) groups is 1. The number of carbonyl (C=O) groups excluding carboxylic acids is 1. The third kappa shape index (κ3) is 3.11. The molecular formula is C14H13N3O3. The number of nitrogens with zero attached hydrogens (tertiary/aromatic N) is 2. The number of amides is 2. The summed E-state index contributed by atoms with van der Waals surface area (Å²) >= 11 is 0. The van der Waals surface area contributed by atoms with Crippen molar-refractivity contribution in [2.75, 3.05) is 17.4 Å². The molecule has 2 aromatic carbocycles. The van der Waals surface area contributed by atoms with Gasteiger partial charge in [0.05, 0.1) is 18.1 Å². The summed E-state index contributed by atoms with van der Waals surface area (Å²) in [5.74, 6) is 0.628. The van der Waals surface area contributed by atoms with Crippen molar-refractivity contribution < 1.29 is 9.53 Å². The number of hydrogen-bond donors (Lipinski definition) is 1. The lowest BCUT2D eigenvalue weighted by Crippen LogP contribution is -2.29. The molecule has 20 heavy (non-hydrogen) atoms. The van der Waals surface area contributed by atoms with Crippen LogP contribution in [-0.2, 0) is 0 Å². The highest BCUT2D eigenvalue weighted by Crippen LogP contribution is 2.20. The number of para-hydroxylation sites is 1. The normalized spacial score (nSPS) is 9.65. The van der Waals surface area contributed by atoms with Crippen molar-refractivity contribution in [2.45, 2.75) is 0 Å². The maximum Gasteiger partial charge on any atom is 0.349 e. The number of benzene rings is 2. The Morgan fingerprint density at radius 3 is 2.30 bits per heavy atom. The third-order valence-corrected chi connectivity index (χ3v) is 2.62. The first-order valence-corrected chi connectivity index (χ1v) is 5.88. The topological polar surface area (TPSA) is 71.0 Å². The van der Waals surface area contributed by atoms with Crippen molar-refractivity contribution in [3.63, 3.8) is 0 Å². The summed E-state index contributed by atoms with van der Waals surface area (Å²) in [5.41, 5.74) is 0.939. The zero-order valence-electron chi connectivity index (χ0n) is 10.8. The molecule has 1 N–H and O–H groups in total. The van der Waals surface area contributed by atoms with E-state index in [0.717, 1.165) is 5.01 Å². The number of methoxy groups -OCH3 is 1. The van der Waals surface area contributed by atoms with Crippen LogP contribution in [0.15, 0.2) is 59.9 Å². The molecule has 0 saturated heterocycles. The van der Waals surface area contributed by atoms with Gasteiger partial charge in [0.2, 0.25) is 0 Å². The number of nitrogens with one attached hydrogen (secondary N) is 1. The van der Waals surface area contributed by atoms with E-state index in [4.69, 9.17) is 4.74 Å². The quantitative estimate of drug-likeness (QED) is 0.684. The number of ether oxygens (including phenoxy) is 1. The highest BCUT2D eigenvalue weighted by atomic mass is 16.5. The van der Waals surface area contributed by atoms with Gasteiger partial charge in [0.25, 0.3) is 0 Å². The molecule has 2 amide bonds. The number of anilines is 2. The Hall–Kier alpha value is -2.89. The lowest BCUT2D eigenvalue weighted by atomic mass is 10.3. The maximum absolute atomic E-state index is 12.0. The van der Waals surface area contributed by atoms with Crippen LogP contribution in [0.4, 0.5) is 16.2 Å². The number of nitroso groups, excluding NO2 is 1. The average Bonchev–Trinajstić information content (AvgIpc) is 2.49. The predicted octanol–water partition coefficient (Wildman–Crippen LogP) is 3.42. The van der Waals surface area contributed by atoms with Gasteiger partial charge in [0.1, 0.15) is 5.75 Å². The van der Waals surface area contributed by atoms with Gasteiger partial charge in [0.15, 0.2) is 0 Å². The van der Waals surface area contributed by atoms with Crippen molar-refractivity contribution in [1.82, 2.24) is 0 Å². The fourth-order valence-electron chi connectivity index (χ4n) is 1.62. The Labute approximate surface area is 115 Å². The molecule has 0 bridgehead atoms. The van der Waals surface area contributed by atoms with E-state index in [-0.39, 0.29) is 0 Å². The monoisotopic (exact) mass is 271 g/mol. The highest BCUT2D eigenvalue weighted by molar-refractivity contribution is 6.01. The molecule has 6 heteroatoms. The molecule has 0 saturated carbocycles. The van der Waals surface area contributed by atoms with Gasteiger partial charge >= 0.3 is 6.03 Å². The van der Waals surface area contributed by atoms with Gasteiger partial charge in [-0.1, -0.05) is 18.2 Å². The molecule has 0 aliphatic heterocycles. The molecule has 0 fully saturated rings. The van der Waals surface area contributed by atoms with Gasteiger partial charge in [0, 0.05) is 5.69 Å². The highest BCUT2D eigenvalue weighted by Gasteiger charge is 2.16. The van der Waals surface area contributed by atoms with Crippen LogP contribution in [0, 0.1) is 4.91 Å². The second kappa shape index (κ2) is 6.33. The van der Waals surface area contributed by atoms with Gasteiger partial charge in [-0.2, -0.15) is 0 Å². The summed E-state index contributed by atoms with van der Waals surface area (Å²) < 4.78 is 5.01. The molecular weight excluding hydrogens is 258 g/mol. The molecule has 0 atom stereocenters. The van der Waals surface area contributed by atoms with Crippen LogP contribution in [-0.4, -0.2) is 13.1 Å². The van der Waals surface area contributed by atoms with Gasteiger partial charge in [-0.05, 0) is 36.4 Å². The molecule has 0 radical (unpaired) electrons. The van der Waals surface area contributed by atoms with Gasteiger partial charge in [-0.15, -0.1) is 9.92 Å². The first-order chi connectivity index (χ1) is 9.74. The van der Waals surface area contributed by atoms with Crippen LogP contribution >= 0.6 is 0 Å². The summed E-state index contributed by atoms with van der Waals surface area (Å²) in [7, 11) is 1.53. The summed E-state index contributed by atoms with van der Waals surface area (Å²) in [6, 6.07) is 14.6. The molecule has 0 aromatic heterocycles. The SMILES string of the molecule is COc1ccc(N(N=O)C(=O)Nc2ccccc2)cc1. The minimum atomic E-state index is -0.628. The van der Waals surface area contributed by atoms with Crippen molar-refractivity contribution in [3.05, 3.63) is 59.5 Å². The van der Waals surface area contributed by atoms with Crippen LogP contribution in [0.5, 0.6) is 5.75 Å². The molecule has 2 rings (SSSR count). The third-order valence-electron chi connectivity index (χ3n) is 2.62. The van der Waals surface area contributed by atoms with Crippen molar-refractivity contribution in [1.29, 1.82) is 0 Å². The summed E-state index contributed by atoms with van der Waals surface area (Å²) in [5, 5.41) is 6.06. The average molecular weight is 271 g/mol. The van der Waals surface area contributed by atoms with Crippen LogP contribution in [0.1, 0.15) is 0 Å². The largest absolute Gasteiger partial charge is 0.497 e. The Morgan fingerprint density at radius 1 is 1.10 bits per heavy atom. The maximum atomic E-state index is 12.0. The van der Waals surface area contributed by atoms with Crippen LogP contribution in [0.2, 0.25) is 0 Å². The Bertz CT molecular complexity index is 584. The first-order valence-electron chi connectivity index (χ1n) is 5.88. The van der Waals surface area contributed by atoms with Gasteiger partial charge in [-0.3, -0.25) is 0 Å². The molecule has 0 spiro atoms. The molecule has 0 unspecified atom stereocenters. The lowest BCUT2D eigenvalue weighted by Gasteiger charge is -2.14. The molecule has 0 aliphatic carbocycles. The van der Waals surface area contributed by atoms with E-state index in [0.29, 0.717) is 17.1 Å². The van der Waals surface area contributed by atoms with E-state index in [1.165, 1.54) is 7.11 Å². The van der Waals surface area contributed by atoms with E-state index in [1.54, 1.807) is 48.5 Å². The number of rotatable bonds is 4. The van der Waals surface area contributed by atoms with E-state index in [9.17, 15) is 9.70 Å². The molecule has 0 aliphatic rings. The van der Waals surface area contributed by atoms with E-state index >= 15 is 0 Å². The Balaban J connectivity index is 2.14. The molecule has 0 heterocycles. The van der Waals surface area contributed by atoms with Crippen LogP contribution in [0.3, 0.4) is 0 Å². The van der Waals surface area contributed by atoms with Gasteiger partial charge in [-0.25, -0.2) is 4.79 Å². The minimum absolute atomic E-state index is 0.356. The van der Waals surface area contributed by atoms with Crippen molar-refractivity contribution in [2.24, 2.45) is 5.29 Å². The zero-order valence-corrected chi connectivity index (χ0v) is 10.8. The number of hydrogen-bond acceptors (Lipinski definition) is 4. The summed E-state index contributed by atoms with van der Waals surface area (Å²) in [4.78, 5) is 22.9. The fraction of sp³-hybridized carbons (Fsp3) is 0.0714. The second-order valence-corrected chi connectivity index (χ2v) is 3.89. The standard InChI is InChI=1S/C14H13N3O3/c1-20-13-9-7-12(8-10-13)17(16-19)14(18)15-11-5-3-2-4-6-11/h2-10H,1H3,(H,15,18). The van der Waals surface area contributed by atoms with Gasteiger partial charge < -0.3 is 10.1 Å². The number of urea groups is 1. The van der Waals surface area contributed by atoms with Crippen LogP contribution < -0.4 is 15.1 Å². The Morgan fingerprint density at radius 2 is 1.75 bits per heavy atom. The fourth-order valence-corrected chi connectivity index (χ4v) is 1.62. The first kappa shape index (κ1) is 13.5. The molecule has 6 nitrogen and oxygen atoms in total. The van der Waals surface area contributed by atoms with E-state index in [2.05, 4.69) is 10.6 Å². The summed E-state index contributed by atoms with van der Waals surface area (Å²) in [6.07, 6.45) is 0. The van der Waals surface area contributed by atoms with E-state index < -0.39 is 6.03 Å². The summed E-state index contributed by atoms with van der Waals surface area (Å²) in [6.45, 7) is 0. The van der Waals surface area contributed by atoms with Crippen molar-refractivity contribution in [3.8, 4) is 5.75 Å².